The first-order valence-corrected chi connectivity index (χ1v) is 10.9. The standard InChI is InChI=1S/C20H24N2O5S/c1-26-16-11-9-15(10-12-16)6-5-13-21-20(23)19-14-22(28(2,24)25)17-7-3-4-8-18(17)27-19/h3-4,7-12,19H,5-6,13-14H2,1-2H3,(H,21,23)/t19-/m1/s1. The Balaban J connectivity index is 1.55. The second-order valence-corrected chi connectivity index (χ2v) is 8.52. The van der Waals surface area contributed by atoms with Crippen LogP contribution in [0, 0.1) is 0 Å². The van der Waals surface area contributed by atoms with Crippen molar-refractivity contribution >= 4 is 21.6 Å². The van der Waals surface area contributed by atoms with Crippen LogP contribution in [0.2, 0.25) is 0 Å². The van der Waals surface area contributed by atoms with E-state index in [0.717, 1.165) is 30.4 Å². The largest absolute Gasteiger partial charge is 0.497 e. The normalized spacial score (nSPS) is 16.1. The second kappa shape index (κ2) is 8.52. The number of nitrogens with one attached hydrogen (secondary N) is 1. The first kappa shape index (κ1) is 20.0. The van der Waals surface area contributed by atoms with Crippen molar-refractivity contribution in [3.05, 3.63) is 54.1 Å². The van der Waals surface area contributed by atoms with E-state index in [9.17, 15) is 13.2 Å². The lowest BCUT2D eigenvalue weighted by Crippen LogP contribution is -2.50. The highest BCUT2D eigenvalue weighted by molar-refractivity contribution is 7.92. The number of para-hydroxylation sites is 2. The molecule has 7 nitrogen and oxygen atoms in total. The minimum absolute atomic E-state index is 0.0415. The number of carbonyl (C=O) groups excluding carboxylic acids is 1. The molecule has 1 N–H and O–H groups in total. The molecule has 0 aliphatic carbocycles. The first-order chi connectivity index (χ1) is 13.4. The Hall–Kier alpha value is -2.74. The van der Waals surface area contributed by atoms with Crippen LogP contribution < -0.4 is 19.1 Å². The topological polar surface area (TPSA) is 84.9 Å². The molecule has 150 valence electrons. The van der Waals surface area contributed by atoms with E-state index in [2.05, 4.69) is 5.32 Å². The lowest BCUT2D eigenvalue weighted by molar-refractivity contribution is -0.127. The molecule has 0 saturated heterocycles. The van der Waals surface area contributed by atoms with Gasteiger partial charge in [0.05, 0.1) is 25.6 Å². The summed E-state index contributed by atoms with van der Waals surface area (Å²) in [4.78, 5) is 12.5. The molecule has 1 amide bonds. The predicted octanol–water partition coefficient (Wildman–Crippen LogP) is 1.97. The number of nitrogens with zero attached hydrogens (tertiary/aromatic N) is 1. The van der Waals surface area contributed by atoms with Crippen LogP contribution in [0.5, 0.6) is 11.5 Å². The molecule has 3 rings (SSSR count). The first-order valence-electron chi connectivity index (χ1n) is 9.02. The number of rotatable bonds is 7. The van der Waals surface area contributed by atoms with Gasteiger partial charge in [-0.2, -0.15) is 0 Å². The van der Waals surface area contributed by atoms with Crippen LogP contribution in [-0.4, -0.2) is 46.9 Å². The van der Waals surface area contributed by atoms with Crippen molar-refractivity contribution < 1.29 is 22.7 Å². The van der Waals surface area contributed by atoms with Gasteiger partial charge >= 0.3 is 0 Å². The van der Waals surface area contributed by atoms with E-state index in [1.54, 1.807) is 31.4 Å². The van der Waals surface area contributed by atoms with Gasteiger partial charge in [-0.15, -0.1) is 0 Å². The summed E-state index contributed by atoms with van der Waals surface area (Å²) in [5.74, 6) is 0.873. The Labute approximate surface area is 165 Å². The number of hydrogen-bond acceptors (Lipinski definition) is 5. The smallest absolute Gasteiger partial charge is 0.263 e. The van der Waals surface area contributed by atoms with Crippen LogP contribution >= 0.6 is 0 Å². The maximum Gasteiger partial charge on any atom is 0.263 e. The highest BCUT2D eigenvalue weighted by atomic mass is 32.2. The molecule has 0 bridgehead atoms. The van der Waals surface area contributed by atoms with Crippen molar-refractivity contribution in [3.63, 3.8) is 0 Å². The molecule has 0 fully saturated rings. The van der Waals surface area contributed by atoms with E-state index in [1.165, 1.54) is 4.31 Å². The zero-order chi connectivity index (χ0) is 20.1. The van der Waals surface area contributed by atoms with Gasteiger partial charge in [-0.3, -0.25) is 9.10 Å². The summed E-state index contributed by atoms with van der Waals surface area (Å²) in [5, 5.41) is 2.84. The summed E-state index contributed by atoms with van der Waals surface area (Å²) in [6.45, 7) is 0.436. The summed E-state index contributed by atoms with van der Waals surface area (Å²) < 4.78 is 36.3. The summed E-state index contributed by atoms with van der Waals surface area (Å²) >= 11 is 0. The van der Waals surface area contributed by atoms with Gasteiger partial charge in [-0.1, -0.05) is 24.3 Å². The number of benzene rings is 2. The molecule has 1 heterocycles. The summed E-state index contributed by atoms with van der Waals surface area (Å²) in [7, 11) is -1.88. The fraction of sp³-hybridized carbons (Fsp3) is 0.350. The van der Waals surface area contributed by atoms with Gasteiger partial charge in [-0.05, 0) is 42.7 Å². The van der Waals surface area contributed by atoms with Crippen molar-refractivity contribution in [2.24, 2.45) is 0 Å². The van der Waals surface area contributed by atoms with E-state index in [-0.39, 0.29) is 12.5 Å². The zero-order valence-electron chi connectivity index (χ0n) is 15.9. The third kappa shape index (κ3) is 4.75. The number of sulfonamides is 1. The Morgan fingerprint density at radius 1 is 1.21 bits per heavy atom. The van der Waals surface area contributed by atoms with Crippen molar-refractivity contribution in [1.29, 1.82) is 0 Å². The number of amides is 1. The molecule has 1 aliphatic heterocycles. The van der Waals surface area contributed by atoms with Gasteiger partial charge in [-0.25, -0.2) is 8.42 Å². The monoisotopic (exact) mass is 404 g/mol. The molecule has 0 radical (unpaired) electrons. The average molecular weight is 404 g/mol. The Bertz CT molecular complexity index is 928. The van der Waals surface area contributed by atoms with Gasteiger partial charge in [0.25, 0.3) is 5.91 Å². The van der Waals surface area contributed by atoms with Crippen molar-refractivity contribution in [2.45, 2.75) is 18.9 Å². The molecule has 8 heteroatoms. The Kier molecular flexibility index (Phi) is 6.08. The molecular formula is C20H24N2O5S. The number of fused-ring (bicyclic) bond motifs is 1. The molecule has 2 aromatic rings. The molecule has 0 saturated carbocycles. The van der Waals surface area contributed by atoms with Crippen LogP contribution in [-0.2, 0) is 21.2 Å². The quantitative estimate of drug-likeness (QED) is 0.713. The maximum atomic E-state index is 12.5. The summed E-state index contributed by atoms with van der Waals surface area (Å²) in [6, 6.07) is 14.6. The minimum Gasteiger partial charge on any atom is -0.497 e. The Morgan fingerprint density at radius 3 is 2.61 bits per heavy atom. The molecule has 0 spiro atoms. The molecule has 2 aromatic carbocycles. The van der Waals surface area contributed by atoms with Gasteiger partial charge in [0.2, 0.25) is 10.0 Å². The van der Waals surface area contributed by atoms with Gasteiger partial charge in [0.1, 0.15) is 11.5 Å². The van der Waals surface area contributed by atoms with E-state index in [0.29, 0.717) is 18.0 Å². The van der Waals surface area contributed by atoms with Crippen molar-refractivity contribution in [3.8, 4) is 11.5 Å². The van der Waals surface area contributed by atoms with Crippen molar-refractivity contribution in [1.82, 2.24) is 5.32 Å². The molecule has 1 atom stereocenters. The van der Waals surface area contributed by atoms with E-state index < -0.39 is 16.1 Å². The SMILES string of the molecule is COc1ccc(CCCNC(=O)[C@H]2CN(S(C)(=O)=O)c3ccccc3O2)cc1. The number of hydrogen-bond donors (Lipinski definition) is 1. The molecule has 0 unspecified atom stereocenters. The Morgan fingerprint density at radius 2 is 1.93 bits per heavy atom. The third-order valence-corrected chi connectivity index (χ3v) is 5.67. The number of anilines is 1. The lowest BCUT2D eigenvalue weighted by atomic mass is 10.1. The predicted molar refractivity (Wildman–Crippen MR) is 107 cm³/mol. The van der Waals surface area contributed by atoms with Crippen LogP contribution in [0.1, 0.15) is 12.0 Å². The second-order valence-electron chi connectivity index (χ2n) is 6.61. The van der Waals surface area contributed by atoms with E-state index in [1.807, 2.05) is 24.3 Å². The molecular weight excluding hydrogens is 380 g/mol. The van der Waals surface area contributed by atoms with Crippen LogP contribution in [0.15, 0.2) is 48.5 Å². The van der Waals surface area contributed by atoms with E-state index >= 15 is 0 Å². The lowest BCUT2D eigenvalue weighted by Gasteiger charge is -2.33. The fourth-order valence-corrected chi connectivity index (χ4v) is 3.98. The fourth-order valence-electron chi connectivity index (χ4n) is 3.06. The van der Waals surface area contributed by atoms with Gasteiger partial charge in [0.15, 0.2) is 6.10 Å². The summed E-state index contributed by atoms with van der Waals surface area (Å²) in [6.07, 6.45) is 1.81. The minimum atomic E-state index is -3.51. The zero-order valence-corrected chi connectivity index (χ0v) is 16.7. The molecule has 1 aliphatic rings. The molecule has 0 aromatic heterocycles. The van der Waals surface area contributed by atoms with Crippen LogP contribution in [0.3, 0.4) is 0 Å². The number of carbonyl (C=O) groups is 1. The van der Waals surface area contributed by atoms with Crippen LogP contribution in [0.4, 0.5) is 5.69 Å². The van der Waals surface area contributed by atoms with Gasteiger partial charge in [0, 0.05) is 6.54 Å². The molecule has 28 heavy (non-hydrogen) atoms. The number of ether oxygens (including phenoxy) is 2. The maximum absolute atomic E-state index is 12.5. The van der Waals surface area contributed by atoms with Gasteiger partial charge < -0.3 is 14.8 Å². The summed E-state index contributed by atoms with van der Waals surface area (Å²) in [5.41, 5.74) is 1.61. The van der Waals surface area contributed by atoms with Crippen LogP contribution in [0.25, 0.3) is 0 Å². The number of aryl methyl sites for hydroxylation is 1. The highest BCUT2D eigenvalue weighted by Gasteiger charge is 2.34. The van der Waals surface area contributed by atoms with Crippen molar-refractivity contribution in [2.75, 3.05) is 30.8 Å². The number of methoxy groups -OCH3 is 1. The average Bonchev–Trinajstić information content (AvgIpc) is 2.70. The third-order valence-electron chi connectivity index (χ3n) is 4.53. The highest BCUT2D eigenvalue weighted by Crippen LogP contribution is 2.34. The van der Waals surface area contributed by atoms with E-state index in [4.69, 9.17) is 9.47 Å².